The Morgan fingerprint density at radius 1 is 1.17 bits per heavy atom. The summed E-state index contributed by atoms with van der Waals surface area (Å²) in [5.74, 6) is -0.155. The molecular weight excluding hydrogens is 324 g/mol. The van der Waals surface area contributed by atoms with Crippen LogP contribution in [0.2, 0.25) is 5.02 Å². The number of amides is 1. The predicted octanol–water partition coefficient (Wildman–Crippen LogP) is 4.00. The summed E-state index contributed by atoms with van der Waals surface area (Å²) in [5.41, 5.74) is 2.24. The highest BCUT2D eigenvalue weighted by atomic mass is 35.5. The minimum atomic E-state index is -0.329. The molecule has 1 amide bonds. The summed E-state index contributed by atoms with van der Waals surface area (Å²) < 4.78 is 0. The zero-order chi connectivity index (χ0) is 17.7. The number of Topliss-reactive ketones (excluding diaryl/α,β-unsaturated/α-hetero) is 1. The van der Waals surface area contributed by atoms with Crippen molar-refractivity contribution in [3.8, 4) is 0 Å². The van der Waals surface area contributed by atoms with Crippen LogP contribution in [-0.2, 0) is 11.3 Å². The van der Waals surface area contributed by atoms with Crippen molar-refractivity contribution in [2.75, 3.05) is 12.4 Å². The normalized spacial score (nSPS) is 12.0. The van der Waals surface area contributed by atoms with Gasteiger partial charge < -0.3 is 5.32 Å². The van der Waals surface area contributed by atoms with E-state index in [0.717, 1.165) is 5.56 Å². The molecule has 0 heterocycles. The van der Waals surface area contributed by atoms with Crippen LogP contribution in [0.5, 0.6) is 0 Å². The molecule has 2 aromatic carbocycles. The summed E-state index contributed by atoms with van der Waals surface area (Å²) in [7, 11) is 1.89. The number of nitrogens with one attached hydrogen (secondary N) is 1. The average Bonchev–Trinajstić information content (AvgIpc) is 2.54. The quantitative estimate of drug-likeness (QED) is 0.806. The number of likely N-dealkylation sites (N-methyl/N-ethyl adjacent to an activating group) is 1. The van der Waals surface area contributed by atoms with Crippen molar-refractivity contribution in [3.63, 3.8) is 0 Å². The standard InChI is InChI=1S/C19H21ClN2O2/c1-13(22(3)12-15-6-4-8-17(20)10-15)19(24)21-18-9-5-7-16(11-18)14(2)23/h4-11,13H,12H2,1-3H3,(H,21,24)/t13-/m0/s1. The minimum Gasteiger partial charge on any atom is -0.325 e. The summed E-state index contributed by atoms with van der Waals surface area (Å²) in [6.45, 7) is 3.96. The summed E-state index contributed by atoms with van der Waals surface area (Å²) in [6, 6.07) is 14.2. The molecule has 126 valence electrons. The van der Waals surface area contributed by atoms with Gasteiger partial charge >= 0.3 is 0 Å². The van der Waals surface area contributed by atoms with Crippen molar-refractivity contribution in [2.24, 2.45) is 0 Å². The second-order valence-corrected chi connectivity index (χ2v) is 6.28. The molecule has 0 aromatic heterocycles. The van der Waals surface area contributed by atoms with Crippen molar-refractivity contribution < 1.29 is 9.59 Å². The molecule has 0 radical (unpaired) electrons. The van der Waals surface area contributed by atoms with Crippen LogP contribution in [0.4, 0.5) is 5.69 Å². The van der Waals surface area contributed by atoms with E-state index in [1.165, 1.54) is 6.92 Å². The van der Waals surface area contributed by atoms with Crippen molar-refractivity contribution in [3.05, 3.63) is 64.7 Å². The third-order valence-corrected chi connectivity index (χ3v) is 4.13. The highest BCUT2D eigenvalue weighted by molar-refractivity contribution is 6.30. The minimum absolute atomic E-state index is 0.0304. The second kappa shape index (κ2) is 8.08. The summed E-state index contributed by atoms with van der Waals surface area (Å²) >= 11 is 5.99. The Labute approximate surface area is 147 Å². The lowest BCUT2D eigenvalue weighted by Crippen LogP contribution is -2.39. The molecule has 0 saturated heterocycles. The van der Waals surface area contributed by atoms with Gasteiger partial charge in [0.15, 0.2) is 5.78 Å². The molecule has 0 bridgehead atoms. The first-order chi connectivity index (χ1) is 11.4. The first-order valence-electron chi connectivity index (χ1n) is 7.73. The van der Waals surface area contributed by atoms with Gasteiger partial charge in [-0.15, -0.1) is 0 Å². The van der Waals surface area contributed by atoms with Crippen LogP contribution in [-0.4, -0.2) is 29.7 Å². The Bertz CT molecular complexity index is 746. The molecule has 2 aromatic rings. The first-order valence-corrected chi connectivity index (χ1v) is 8.11. The van der Waals surface area contributed by atoms with E-state index in [4.69, 9.17) is 11.6 Å². The molecule has 0 aliphatic carbocycles. The fourth-order valence-corrected chi connectivity index (χ4v) is 2.54. The highest BCUT2D eigenvalue weighted by Crippen LogP contribution is 2.15. The van der Waals surface area contributed by atoms with Gasteiger partial charge in [0.1, 0.15) is 0 Å². The Morgan fingerprint density at radius 2 is 1.88 bits per heavy atom. The number of benzene rings is 2. The Kier molecular flexibility index (Phi) is 6.12. The number of carbonyl (C=O) groups excluding carboxylic acids is 2. The molecule has 24 heavy (non-hydrogen) atoms. The number of anilines is 1. The van der Waals surface area contributed by atoms with Gasteiger partial charge in [-0.25, -0.2) is 0 Å². The van der Waals surface area contributed by atoms with E-state index in [-0.39, 0.29) is 17.7 Å². The zero-order valence-electron chi connectivity index (χ0n) is 14.0. The van der Waals surface area contributed by atoms with Gasteiger partial charge in [-0.05, 0) is 50.7 Å². The molecule has 5 heteroatoms. The molecule has 0 saturated carbocycles. The summed E-state index contributed by atoms with van der Waals surface area (Å²) in [5, 5.41) is 3.54. The monoisotopic (exact) mass is 344 g/mol. The number of hydrogen-bond donors (Lipinski definition) is 1. The lowest BCUT2D eigenvalue weighted by atomic mass is 10.1. The average molecular weight is 345 g/mol. The Morgan fingerprint density at radius 3 is 2.54 bits per heavy atom. The van der Waals surface area contributed by atoms with Gasteiger partial charge in [-0.3, -0.25) is 14.5 Å². The van der Waals surface area contributed by atoms with Gasteiger partial charge in [0, 0.05) is 22.8 Å². The van der Waals surface area contributed by atoms with Gasteiger partial charge in [0.25, 0.3) is 0 Å². The molecule has 0 spiro atoms. The van der Waals surface area contributed by atoms with Crippen LogP contribution in [0.1, 0.15) is 29.8 Å². The SMILES string of the molecule is CC(=O)c1cccc(NC(=O)[C@H](C)N(C)Cc2cccc(Cl)c2)c1. The van der Waals surface area contributed by atoms with Crippen LogP contribution in [0.15, 0.2) is 48.5 Å². The van der Waals surface area contributed by atoms with Crippen molar-refractivity contribution >= 4 is 29.0 Å². The predicted molar refractivity (Wildman–Crippen MR) is 97.5 cm³/mol. The molecule has 0 aliphatic heterocycles. The molecule has 2 rings (SSSR count). The molecular formula is C19H21ClN2O2. The zero-order valence-corrected chi connectivity index (χ0v) is 14.8. The van der Waals surface area contributed by atoms with Crippen LogP contribution in [0.25, 0.3) is 0 Å². The number of nitrogens with zero attached hydrogens (tertiary/aromatic N) is 1. The number of carbonyl (C=O) groups is 2. The lowest BCUT2D eigenvalue weighted by Gasteiger charge is -2.24. The molecule has 4 nitrogen and oxygen atoms in total. The summed E-state index contributed by atoms with van der Waals surface area (Å²) in [4.78, 5) is 25.8. The largest absolute Gasteiger partial charge is 0.325 e. The molecule has 1 N–H and O–H groups in total. The van der Waals surface area contributed by atoms with Crippen molar-refractivity contribution in [1.29, 1.82) is 0 Å². The second-order valence-electron chi connectivity index (χ2n) is 5.85. The third kappa shape index (κ3) is 4.91. The fraction of sp³-hybridized carbons (Fsp3) is 0.263. The van der Waals surface area contributed by atoms with Gasteiger partial charge in [0.2, 0.25) is 5.91 Å². The van der Waals surface area contributed by atoms with Crippen LogP contribution < -0.4 is 5.32 Å². The van der Waals surface area contributed by atoms with Gasteiger partial charge in [-0.1, -0.05) is 35.9 Å². The maximum absolute atomic E-state index is 12.4. The number of hydrogen-bond acceptors (Lipinski definition) is 3. The smallest absolute Gasteiger partial charge is 0.241 e. The van der Waals surface area contributed by atoms with Crippen LogP contribution >= 0.6 is 11.6 Å². The molecule has 0 fully saturated rings. The van der Waals surface area contributed by atoms with E-state index in [1.807, 2.05) is 43.1 Å². The van der Waals surface area contributed by atoms with E-state index in [1.54, 1.807) is 24.3 Å². The number of ketones is 1. The van der Waals surface area contributed by atoms with E-state index in [2.05, 4.69) is 5.32 Å². The van der Waals surface area contributed by atoms with E-state index >= 15 is 0 Å². The maximum atomic E-state index is 12.4. The van der Waals surface area contributed by atoms with Crippen LogP contribution in [0.3, 0.4) is 0 Å². The number of halogens is 1. The molecule has 0 aliphatic rings. The molecule has 0 unspecified atom stereocenters. The van der Waals surface area contributed by atoms with Crippen molar-refractivity contribution in [2.45, 2.75) is 26.4 Å². The van der Waals surface area contributed by atoms with Crippen molar-refractivity contribution in [1.82, 2.24) is 4.90 Å². The first kappa shape index (κ1) is 18.2. The lowest BCUT2D eigenvalue weighted by molar-refractivity contribution is -0.120. The van der Waals surface area contributed by atoms with Gasteiger partial charge in [-0.2, -0.15) is 0 Å². The van der Waals surface area contributed by atoms with E-state index in [9.17, 15) is 9.59 Å². The fourth-order valence-electron chi connectivity index (χ4n) is 2.32. The van der Waals surface area contributed by atoms with Gasteiger partial charge in [0.05, 0.1) is 6.04 Å². The van der Waals surface area contributed by atoms with Crippen LogP contribution in [0, 0.1) is 0 Å². The summed E-state index contributed by atoms with van der Waals surface area (Å²) in [6.07, 6.45) is 0. The number of rotatable bonds is 6. The highest BCUT2D eigenvalue weighted by Gasteiger charge is 2.18. The van der Waals surface area contributed by atoms with E-state index < -0.39 is 0 Å². The topological polar surface area (TPSA) is 49.4 Å². The Balaban J connectivity index is 2.00. The molecule has 1 atom stereocenters. The Hall–Kier alpha value is -2.17. The maximum Gasteiger partial charge on any atom is 0.241 e. The third-order valence-electron chi connectivity index (χ3n) is 3.90. The van der Waals surface area contributed by atoms with E-state index in [0.29, 0.717) is 22.8 Å².